The van der Waals surface area contributed by atoms with Gasteiger partial charge in [0, 0.05) is 24.0 Å². The Morgan fingerprint density at radius 1 is 1.29 bits per heavy atom. The molecule has 4 nitrogen and oxygen atoms in total. The predicted octanol–water partition coefficient (Wildman–Crippen LogP) is 3.60. The van der Waals surface area contributed by atoms with Gasteiger partial charge in [-0.1, -0.05) is 13.0 Å². The second kappa shape index (κ2) is 6.83. The van der Waals surface area contributed by atoms with Gasteiger partial charge in [-0.25, -0.2) is 9.37 Å². The van der Waals surface area contributed by atoms with Crippen molar-refractivity contribution >= 4 is 17.4 Å². The average molecular weight is 287 g/mol. The van der Waals surface area contributed by atoms with Gasteiger partial charge in [0.25, 0.3) is 5.91 Å². The second-order valence-corrected chi connectivity index (χ2v) is 4.77. The lowest BCUT2D eigenvalue weighted by atomic mass is 10.1. The van der Waals surface area contributed by atoms with Gasteiger partial charge in [-0.05, 0) is 43.2 Å². The van der Waals surface area contributed by atoms with Crippen LogP contribution in [-0.4, -0.2) is 17.4 Å². The molecule has 0 spiro atoms. The Hall–Kier alpha value is -2.43. The number of hydrogen-bond acceptors (Lipinski definition) is 3. The minimum atomic E-state index is -0.379. The number of aromatic nitrogens is 1. The number of anilines is 2. The molecule has 5 heteroatoms. The normalized spacial score (nSPS) is 10.2. The van der Waals surface area contributed by atoms with Gasteiger partial charge in [0.05, 0.1) is 0 Å². The van der Waals surface area contributed by atoms with E-state index in [9.17, 15) is 9.18 Å². The number of carbonyl (C=O) groups is 1. The summed E-state index contributed by atoms with van der Waals surface area (Å²) in [6.45, 7) is 4.66. The number of aryl methyl sites for hydroxylation is 1. The second-order valence-electron chi connectivity index (χ2n) is 4.77. The zero-order chi connectivity index (χ0) is 15.2. The molecule has 1 heterocycles. The Morgan fingerprint density at radius 2 is 2.10 bits per heavy atom. The molecule has 1 aromatic carbocycles. The van der Waals surface area contributed by atoms with Crippen molar-refractivity contribution < 1.29 is 9.18 Å². The molecule has 110 valence electrons. The molecule has 0 radical (unpaired) electrons. The van der Waals surface area contributed by atoms with Gasteiger partial charge in [-0.3, -0.25) is 4.79 Å². The summed E-state index contributed by atoms with van der Waals surface area (Å²) >= 11 is 0. The lowest BCUT2D eigenvalue weighted by molar-refractivity contribution is 0.102. The van der Waals surface area contributed by atoms with Gasteiger partial charge < -0.3 is 10.6 Å². The van der Waals surface area contributed by atoms with Gasteiger partial charge in [0.15, 0.2) is 0 Å². The fourth-order valence-corrected chi connectivity index (χ4v) is 1.84. The molecule has 0 saturated heterocycles. The molecule has 0 aliphatic rings. The highest BCUT2D eigenvalue weighted by Gasteiger charge is 2.09. The van der Waals surface area contributed by atoms with Gasteiger partial charge in [-0.15, -0.1) is 0 Å². The molecule has 2 aromatic rings. The van der Waals surface area contributed by atoms with Crippen LogP contribution in [0.15, 0.2) is 36.5 Å². The Kier molecular flexibility index (Phi) is 4.87. The molecule has 0 saturated carbocycles. The Bertz CT molecular complexity index is 643. The molecule has 1 aromatic heterocycles. The number of benzene rings is 1. The van der Waals surface area contributed by atoms with Gasteiger partial charge in [-0.2, -0.15) is 0 Å². The van der Waals surface area contributed by atoms with Crippen LogP contribution in [0.1, 0.15) is 29.3 Å². The maximum Gasteiger partial charge on any atom is 0.255 e. The van der Waals surface area contributed by atoms with Crippen LogP contribution in [0.3, 0.4) is 0 Å². The first-order valence-electron chi connectivity index (χ1n) is 6.87. The third-order valence-corrected chi connectivity index (χ3v) is 3.03. The van der Waals surface area contributed by atoms with E-state index in [1.54, 1.807) is 24.4 Å². The number of nitrogens with zero attached hydrogens (tertiary/aromatic N) is 1. The third kappa shape index (κ3) is 4.02. The number of pyridine rings is 1. The van der Waals surface area contributed by atoms with Crippen LogP contribution in [0.4, 0.5) is 15.9 Å². The van der Waals surface area contributed by atoms with Crippen molar-refractivity contribution in [1.82, 2.24) is 4.98 Å². The fourth-order valence-electron chi connectivity index (χ4n) is 1.84. The highest BCUT2D eigenvalue weighted by Crippen LogP contribution is 2.17. The molecule has 0 aliphatic carbocycles. The first-order chi connectivity index (χ1) is 10.1. The van der Waals surface area contributed by atoms with Crippen molar-refractivity contribution in [2.75, 3.05) is 17.2 Å². The minimum Gasteiger partial charge on any atom is -0.370 e. The lowest BCUT2D eigenvalue weighted by Gasteiger charge is -2.09. The zero-order valence-electron chi connectivity index (χ0n) is 12.1. The summed E-state index contributed by atoms with van der Waals surface area (Å²) in [4.78, 5) is 16.4. The smallest absolute Gasteiger partial charge is 0.255 e. The van der Waals surface area contributed by atoms with Crippen LogP contribution < -0.4 is 10.6 Å². The molecule has 0 bridgehead atoms. The Balaban J connectivity index is 2.14. The van der Waals surface area contributed by atoms with Gasteiger partial charge >= 0.3 is 0 Å². The summed E-state index contributed by atoms with van der Waals surface area (Å²) in [7, 11) is 0. The van der Waals surface area contributed by atoms with Gasteiger partial charge in [0.2, 0.25) is 0 Å². The van der Waals surface area contributed by atoms with E-state index in [2.05, 4.69) is 22.5 Å². The van der Waals surface area contributed by atoms with Crippen LogP contribution in [0.25, 0.3) is 0 Å². The van der Waals surface area contributed by atoms with Crippen LogP contribution >= 0.6 is 0 Å². The van der Waals surface area contributed by atoms with E-state index >= 15 is 0 Å². The van der Waals surface area contributed by atoms with Crippen molar-refractivity contribution in [2.45, 2.75) is 20.3 Å². The molecule has 0 aliphatic heterocycles. The molecular formula is C16H18FN3O. The number of amides is 1. The number of hydrogen-bond donors (Lipinski definition) is 2. The molecule has 0 unspecified atom stereocenters. The Labute approximate surface area is 123 Å². The van der Waals surface area contributed by atoms with Crippen molar-refractivity contribution in [3.8, 4) is 0 Å². The standard InChI is InChI=1S/C16H18FN3O/c1-3-7-18-15-9-12(6-8-19-15)16(21)20-14-10-13(17)5-4-11(14)2/h4-6,8-10H,3,7H2,1-2H3,(H,18,19)(H,20,21). The first kappa shape index (κ1) is 15.0. The van der Waals surface area contributed by atoms with E-state index in [1.165, 1.54) is 12.1 Å². The summed E-state index contributed by atoms with van der Waals surface area (Å²) < 4.78 is 13.2. The predicted molar refractivity (Wildman–Crippen MR) is 82.1 cm³/mol. The van der Waals surface area contributed by atoms with Crippen molar-refractivity contribution in [2.24, 2.45) is 0 Å². The first-order valence-corrected chi connectivity index (χ1v) is 6.87. The molecule has 0 atom stereocenters. The quantitative estimate of drug-likeness (QED) is 0.883. The lowest BCUT2D eigenvalue weighted by Crippen LogP contribution is -2.14. The van der Waals surface area contributed by atoms with E-state index in [0.29, 0.717) is 17.1 Å². The van der Waals surface area contributed by atoms with E-state index in [4.69, 9.17) is 0 Å². The number of rotatable bonds is 5. The van der Waals surface area contributed by atoms with Crippen LogP contribution in [0, 0.1) is 12.7 Å². The van der Waals surface area contributed by atoms with E-state index in [-0.39, 0.29) is 11.7 Å². The summed E-state index contributed by atoms with van der Waals surface area (Å²) in [5.41, 5.74) is 1.76. The molecular weight excluding hydrogens is 269 g/mol. The molecule has 1 amide bonds. The largest absolute Gasteiger partial charge is 0.370 e. The number of nitrogens with one attached hydrogen (secondary N) is 2. The Morgan fingerprint density at radius 3 is 2.86 bits per heavy atom. The maximum atomic E-state index is 13.2. The summed E-state index contributed by atoms with van der Waals surface area (Å²) in [5.74, 6) is -0.0120. The number of halogens is 1. The fraction of sp³-hybridized carbons (Fsp3) is 0.250. The van der Waals surface area contributed by atoms with E-state index < -0.39 is 0 Å². The van der Waals surface area contributed by atoms with Crippen molar-refractivity contribution in [3.63, 3.8) is 0 Å². The SMILES string of the molecule is CCCNc1cc(C(=O)Nc2cc(F)ccc2C)ccn1. The summed E-state index contributed by atoms with van der Waals surface area (Å²) in [6, 6.07) is 7.61. The monoisotopic (exact) mass is 287 g/mol. The van der Waals surface area contributed by atoms with E-state index in [0.717, 1.165) is 18.5 Å². The summed E-state index contributed by atoms with van der Waals surface area (Å²) in [5, 5.41) is 5.84. The van der Waals surface area contributed by atoms with Crippen molar-refractivity contribution in [1.29, 1.82) is 0 Å². The minimum absolute atomic E-state index is 0.286. The topological polar surface area (TPSA) is 54.0 Å². The molecule has 2 N–H and O–H groups in total. The molecule has 2 rings (SSSR count). The van der Waals surface area contributed by atoms with Crippen LogP contribution in [0.5, 0.6) is 0 Å². The molecule has 0 fully saturated rings. The van der Waals surface area contributed by atoms with Crippen LogP contribution in [-0.2, 0) is 0 Å². The maximum absolute atomic E-state index is 13.2. The van der Waals surface area contributed by atoms with Crippen molar-refractivity contribution in [3.05, 3.63) is 53.5 Å². The highest BCUT2D eigenvalue weighted by atomic mass is 19.1. The average Bonchev–Trinajstić information content (AvgIpc) is 2.49. The summed E-state index contributed by atoms with van der Waals surface area (Å²) in [6.07, 6.45) is 2.55. The third-order valence-electron chi connectivity index (χ3n) is 3.03. The van der Waals surface area contributed by atoms with E-state index in [1.807, 2.05) is 6.92 Å². The van der Waals surface area contributed by atoms with Crippen LogP contribution in [0.2, 0.25) is 0 Å². The van der Waals surface area contributed by atoms with Gasteiger partial charge in [0.1, 0.15) is 11.6 Å². The number of carbonyl (C=O) groups excluding carboxylic acids is 1. The highest BCUT2D eigenvalue weighted by molar-refractivity contribution is 6.05. The molecule has 21 heavy (non-hydrogen) atoms. The zero-order valence-corrected chi connectivity index (χ0v) is 12.1.